The van der Waals surface area contributed by atoms with Crippen molar-refractivity contribution in [2.75, 3.05) is 0 Å². The third kappa shape index (κ3) is 7.16. The van der Waals surface area contributed by atoms with Gasteiger partial charge in [0.25, 0.3) is 0 Å². The predicted molar refractivity (Wildman–Crippen MR) is 155 cm³/mol. The van der Waals surface area contributed by atoms with Crippen molar-refractivity contribution in [2.24, 2.45) is 0 Å². The average molecular weight is 571 g/mol. The molecule has 0 saturated carbocycles. The molecule has 6 rings (SSSR count). The lowest BCUT2D eigenvalue weighted by Gasteiger charge is -2.18. The summed E-state index contributed by atoms with van der Waals surface area (Å²) >= 11 is 0. The molecule has 3 aliphatic heterocycles. The number of aromatic nitrogens is 1. The SMILES string of the molecule is CC(C)N1Cc2cc(F)c(F)c(F)c2C1.CC(C)N1Cc2cccnc2C1.Cc1cc(F)c2c(c1)CN(C(C)C)C2. The van der Waals surface area contributed by atoms with E-state index in [-0.39, 0.29) is 11.9 Å². The van der Waals surface area contributed by atoms with Crippen LogP contribution in [0.5, 0.6) is 0 Å². The van der Waals surface area contributed by atoms with Crippen molar-refractivity contribution in [1.29, 1.82) is 0 Å². The molecular weight excluding hydrogens is 528 g/mol. The second-order valence-corrected chi connectivity index (χ2v) is 12.1. The molecule has 4 nitrogen and oxygen atoms in total. The molecule has 3 aromatic rings. The second kappa shape index (κ2) is 13.0. The molecule has 0 atom stereocenters. The molecule has 2 aromatic carbocycles. The molecule has 3 aliphatic rings. The lowest BCUT2D eigenvalue weighted by Crippen LogP contribution is -2.24. The molecule has 8 heteroatoms. The monoisotopic (exact) mass is 570 g/mol. The van der Waals surface area contributed by atoms with Gasteiger partial charge in [-0.3, -0.25) is 19.7 Å². The van der Waals surface area contributed by atoms with Gasteiger partial charge in [0.1, 0.15) is 5.82 Å². The van der Waals surface area contributed by atoms with Crippen molar-refractivity contribution in [1.82, 2.24) is 19.7 Å². The van der Waals surface area contributed by atoms with Crippen LogP contribution < -0.4 is 0 Å². The highest BCUT2D eigenvalue weighted by molar-refractivity contribution is 5.36. The molecule has 0 saturated heterocycles. The van der Waals surface area contributed by atoms with E-state index in [1.807, 2.05) is 37.9 Å². The minimum absolute atomic E-state index is 0.0387. The molecule has 0 radical (unpaired) electrons. The zero-order valence-corrected chi connectivity index (χ0v) is 25.2. The van der Waals surface area contributed by atoms with Crippen LogP contribution in [0.4, 0.5) is 17.6 Å². The summed E-state index contributed by atoms with van der Waals surface area (Å²) in [6, 6.07) is 10.4. The van der Waals surface area contributed by atoms with Gasteiger partial charge in [-0.25, -0.2) is 17.6 Å². The zero-order chi connectivity index (χ0) is 30.0. The molecule has 41 heavy (non-hydrogen) atoms. The Bertz CT molecular complexity index is 1350. The summed E-state index contributed by atoms with van der Waals surface area (Å²) in [6.45, 7) is 19.2. The Labute approximate surface area is 242 Å². The van der Waals surface area contributed by atoms with Crippen LogP contribution in [-0.2, 0) is 39.3 Å². The van der Waals surface area contributed by atoms with Crippen molar-refractivity contribution in [2.45, 2.75) is 106 Å². The number of benzene rings is 2. The summed E-state index contributed by atoms with van der Waals surface area (Å²) in [5.74, 6) is -3.53. The maximum absolute atomic E-state index is 13.6. The molecule has 0 unspecified atom stereocenters. The fourth-order valence-corrected chi connectivity index (χ4v) is 5.43. The molecule has 0 bridgehead atoms. The number of rotatable bonds is 3. The number of pyridine rings is 1. The summed E-state index contributed by atoms with van der Waals surface area (Å²) in [6.07, 6.45) is 1.88. The van der Waals surface area contributed by atoms with E-state index in [4.69, 9.17) is 0 Å². The van der Waals surface area contributed by atoms with E-state index in [9.17, 15) is 17.6 Å². The van der Waals surface area contributed by atoms with Gasteiger partial charge in [-0.2, -0.15) is 0 Å². The Kier molecular flexibility index (Phi) is 9.88. The molecule has 0 spiro atoms. The van der Waals surface area contributed by atoms with Gasteiger partial charge in [0.05, 0.1) is 5.69 Å². The number of fused-ring (bicyclic) bond motifs is 3. The first-order valence-electron chi connectivity index (χ1n) is 14.4. The Morgan fingerprint density at radius 3 is 1.73 bits per heavy atom. The van der Waals surface area contributed by atoms with Gasteiger partial charge >= 0.3 is 0 Å². The lowest BCUT2D eigenvalue weighted by atomic mass is 10.1. The van der Waals surface area contributed by atoms with Crippen LogP contribution in [0.25, 0.3) is 0 Å². The first-order chi connectivity index (χ1) is 19.3. The number of nitrogens with zero attached hydrogens (tertiary/aromatic N) is 4. The topological polar surface area (TPSA) is 22.6 Å². The van der Waals surface area contributed by atoms with Crippen LogP contribution in [0.15, 0.2) is 36.5 Å². The van der Waals surface area contributed by atoms with Gasteiger partial charge in [0.2, 0.25) is 0 Å². The fourth-order valence-electron chi connectivity index (χ4n) is 5.43. The lowest BCUT2D eigenvalue weighted by molar-refractivity contribution is 0.225. The molecule has 0 amide bonds. The Hall–Kier alpha value is -2.81. The Balaban J connectivity index is 0.000000142. The van der Waals surface area contributed by atoms with Crippen molar-refractivity contribution in [3.05, 3.63) is 98.9 Å². The van der Waals surface area contributed by atoms with E-state index < -0.39 is 17.5 Å². The van der Waals surface area contributed by atoms with E-state index in [2.05, 4.69) is 54.6 Å². The minimum Gasteiger partial charge on any atom is -0.292 e. The summed E-state index contributed by atoms with van der Waals surface area (Å²) in [5.41, 5.74) is 6.58. The number of hydrogen-bond acceptors (Lipinski definition) is 4. The second-order valence-electron chi connectivity index (χ2n) is 12.1. The number of halogens is 4. The van der Waals surface area contributed by atoms with Gasteiger partial charge < -0.3 is 0 Å². The van der Waals surface area contributed by atoms with Gasteiger partial charge in [-0.15, -0.1) is 0 Å². The fraction of sp³-hybridized carbons (Fsp3) is 0.485. The smallest absolute Gasteiger partial charge is 0.194 e. The van der Waals surface area contributed by atoms with E-state index >= 15 is 0 Å². The molecule has 1 aromatic heterocycles. The van der Waals surface area contributed by atoms with Crippen LogP contribution in [0.3, 0.4) is 0 Å². The van der Waals surface area contributed by atoms with Crippen molar-refractivity contribution < 1.29 is 17.6 Å². The molecule has 0 aliphatic carbocycles. The molecule has 0 fully saturated rings. The first kappa shape index (κ1) is 31.1. The van der Waals surface area contributed by atoms with Gasteiger partial charge in [0, 0.05) is 74.7 Å². The maximum Gasteiger partial charge on any atom is 0.194 e. The van der Waals surface area contributed by atoms with Gasteiger partial charge in [0.15, 0.2) is 17.5 Å². The molecule has 0 N–H and O–H groups in total. The van der Waals surface area contributed by atoms with E-state index in [1.54, 1.807) is 6.07 Å². The quantitative estimate of drug-likeness (QED) is 0.240. The predicted octanol–water partition coefficient (Wildman–Crippen LogP) is 7.49. The van der Waals surface area contributed by atoms with Crippen LogP contribution in [0.1, 0.15) is 80.6 Å². The van der Waals surface area contributed by atoms with Crippen LogP contribution in [-0.4, -0.2) is 37.8 Å². The maximum atomic E-state index is 13.6. The highest BCUT2D eigenvalue weighted by atomic mass is 19.2. The first-order valence-corrected chi connectivity index (χ1v) is 14.4. The highest BCUT2D eigenvalue weighted by Crippen LogP contribution is 2.30. The summed E-state index contributed by atoms with van der Waals surface area (Å²) in [5, 5.41) is 0. The summed E-state index contributed by atoms with van der Waals surface area (Å²) < 4.78 is 52.8. The third-order valence-electron chi connectivity index (χ3n) is 8.16. The van der Waals surface area contributed by atoms with E-state index in [0.717, 1.165) is 48.9 Å². The van der Waals surface area contributed by atoms with Gasteiger partial charge in [-0.1, -0.05) is 12.1 Å². The van der Waals surface area contributed by atoms with Gasteiger partial charge in [-0.05, 0) is 88.9 Å². The van der Waals surface area contributed by atoms with Crippen LogP contribution in [0.2, 0.25) is 0 Å². The van der Waals surface area contributed by atoms with E-state index in [0.29, 0.717) is 36.3 Å². The summed E-state index contributed by atoms with van der Waals surface area (Å²) in [4.78, 5) is 11.0. The molecule has 222 valence electrons. The highest BCUT2D eigenvalue weighted by Gasteiger charge is 2.28. The average Bonchev–Trinajstić information content (AvgIpc) is 3.65. The molecule has 4 heterocycles. The van der Waals surface area contributed by atoms with E-state index in [1.165, 1.54) is 11.3 Å². The van der Waals surface area contributed by atoms with Crippen LogP contribution >= 0.6 is 0 Å². The third-order valence-corrected chi connectivity index (χ3v) is 8.16. The molecular formula is C33H42F4N4. The standard InChI is InChI=1S/C12H16FN.C11H12F3N.C10H14N2/c1-8(2)14-6-10-4-9(3)5-12(13)11(10)7-14;1-6(2)15-4-7-3-9(12)11(14)10(13)8(7)5-15;1-8(2)12-6-9-4-3-5-11-10(9)7-12/h4-5,8H,6-7H2,1-3H3;3,6H,4-5H2,1-2H3;3-5,8H,6-7H2,1-2H3. The normalized spacial score (nSPS) is 16.4. The van der Waals surface area contributed by atoms with Crippen molar-refractivity contribution in [3.63, 3.8) is 0 Å². The summed E-state index contributed by atoms with van der Waals surface area (Å²) in [7, 11) is 0. The van der Waals surface area contributed by atoms with Crippen molar-refractivity contribution >= 4 is 0 Å². The largest absolute Gasteiger partial charge is 0.292 e. The minimum atomic E-state index is -1.36. The Morgan fingerprint density at radius 2 is 1.15 bits per heavy atom. The Morgan fingerprint density at radius 1 is 0.610 bits per heavy atom. The number of hydrogen-bond donors (Lipinski definition) is 0. The van der Waals surface area contributed by atoms with Crippen molar-refractivity contribution in [3.8, 4) is 0 Å². The zero-order valence-electron chi connectivity index (χ0n) is 25.2. The van der Waals surface area contributed by atoms with Crippen LogP contribution in [0, 0.1) is 30.2 Å². The number of aryl methyl sites for hydroxylation is 1.